The lowest BCUT2D eigenvalue weighted by atomic mass is 9.92. The lowest BCUT2D eigenvalue weighted by Crippen LogP contribution is -2.39. The smallest absolute Gasteiger partial charge is 0.291 e. The summed E-state index contributed by atoms with van der Waals surface area (Å²) in [6, 6.07) is 6.81. The minimum absolute atomic E-state index is 0.248. The summed E-state index contributed by atoms with van der Waals surface area (Å²) >= 11 is 2.80. The fourth-order valence-corrected chi connectivity index (χ4v) is 5.44. The van der Waals surface area contributed by atoms with Crippen molar-refractivity contribution in [3.05, 3.63) is 44.8 Å². The van der Waals surface area contributed by atoms with Gasteiger partial charge < -0.3 is 9.64 Å². The Hall–Kier alpha value is -1.87. The number of ketones is 2. The summed E-state index contributed by atoms with van der Waals surface area (Å²) in [7, 11) is 0. The van der Waals surface area contributed by atoms with Crippen molar-refractivity contribution in [2.75, 3.05) is 39.4 Å². The van der Waals surface area contributed by atoms with E-state index in [1.165, 1.54) is 22.7 Å². The second-order valence-electron chi connectivity index (χ2n) is 6.95. The minimum atomic E-state index is -0.951. The lowest BCUT2D eigenvalue weighted by Gasteiger charge is -2.29. The molecule has 0 saturated carbocycles. The Kier molecular flexibility index (Phi) is 6.01. The van der Waals surface area contributed by atoms with Crippen LogP contribution in [0.15, 0.2) is 35.0 Å². The third-order valence-corrected chi connectivity index (χ3v) is 7.09. The normalized spacial score (nSPS) is 23.5. The summed E-state index contributed by atoms with van der Waals surface area (Å²) in [5, 5.41) is 3.73. The highest BCUT2D eigenvalue weighted by Gasteiger charge is 2.51. The molecule has 0 radical (unpaired) electrons. The van der Waals surface area contributed by atoms with Gasteiger partial charge in [0.15, 0.2) is 5.78 Å². The molecule has 2 atom stereocenters. The van der Waals surface area contributed by atoms with Crippen molar-refractivity contribution in [3.8, 4) is 0 Å². The molecule has 2 aromatic heterocycles. The SMILES string of the molecule is O=C1C(=O)N(CCCN2CCOCC2)C(c2cccs2)C1C(=O)c1cccs1. The number of thiophene rings is 2. The van der Waals surface area contributed by atoms with Crippen LogP contribution in [0.4, 0.5) is 0 Å². The third kappa shape index (κ3) is 3.82. The molecule has 2 unspecified atom stereocenters. The largest absolute Gasteiger partial charge is 0.379 e. The van der Waals surface area contributed by atoms with E-state index in [0.29, 0.717) is 11.4 Å². The zero-order valence-corrected chi connectivity index (χ0v) is 17.0. The van der Waals surface area contributed by atoms with Crippen LogP contribution in [0.1, 0.15) is 27.0 Å². The Morgan fingerprint density at radius 3 is 2.50 bits per heavy atom. The van der Waals surface area contributed by atoms with Crippen LogP contribution in [0.25, 0.3) is 0 Å². The van der Waals surface area contributed by atoms with Crippen LogP contribution >= 0.6 is 22.7 Å². The van der Waals surface area contributed by atoms with Gasteiger partial charge in [-0.25, -0.2) is 0 Å². The van der Waals surface area contributed by atoms with Crippen molar-refractivity contribution >= 4 is 40.1 Å². The summed E-state index contributed by atoms with van der Waals surface area (Å²) < 4.78 is 5.37. The van der Waals surface area contributed by atoms with Crippen LogP contribution in [0.3, 0.4) is 0 Å². The van der Waals surface area contributed by atoms with Crippen molar-refractivity contribution in [3.63, 3.8) is 0 Å². The van der Waals surface area contributed by atoms with E-state index in [0.717, 1.165) is 44.1 Å². The maximum absolute atomic E-state index is 13.0. The Morgan fingerprint density at radius 2 is 1.82 bits per heavy atom. The molecule has 4 rings (SSSR count). The Bertz CT molecular complexity index is 829. The number of ether oxygens (including phenoxy) is 1. The maximum Gasteiger partial charge on any atom is 0.291 e. The zero-order chi connectivity index (χ0) is 19.5. The van der Waals surface area contributed by atoms with Crippen LogP contribution in [-0.4, -0.2) is 66.7 Å². The summed E-state index contributed by atoms with van der Waals surface area (Å²) in [4.78, 5) is 43.9. The van der Waals surface area contributed by atoms with Gasteiger partial charge in [-0.2, -0.15) is 0 Å². The lowest BCUT2D eigenvalue weighted by molar-refractivity contribution is -0.140. The number of hydrogen-bond donors (Lipinski definition) is 0. The molecule has 4 heterocycles. The highest BCUT2D eigenvalue weighted by Crippen LogP contribution is 2.40. The first-order valence-corrected chi connectivity index (χ1v) is 11.2. The molecule has 28 heavy (non-hydrogen) atoms. The highest BCUT2D eigenvalue weighted by molar-refractivity contribution is 7.12. The predicted octanol–water partition coefficient (Wildman–Crippen LogP) is 2.48. The number of Topliss-reactive ketones (excluding diaryl/α,β-unsaturated/α-hetero) is 2. The molecule has 8 heteroatoms. The second-order valence-corrected chi connectivity index (χ2v) is 8.88. The van der Waals surface area contributed by atoms with E-state index in [1.54, 1.807) is 17.0 Å². The van der Waals surface area contributed by atoms with E-state index in [2.05, 4.69) is 4.90 Å². The number of rotatable bonds is 7. The van der Waals surface area contributed by atoms with Crippen molar-refractivity contribution < 1.29 is 19.1 Å². The quantitative estimate of drug-likeness (QED) is 0.393. The fraction of sp³-hybridized carbons (Fsp3) is 0.450. The molecule has 0 aliphatic carbocycles. The second kappa shape index (κ2) is 8.65. The number of carbonyl (C=O) groups excluding carboxylic acids is 3. The van der Waals surface area contributed by atoms with Gasteiger partial charge in [0, 0.05) is 31.1 Å². The standard InChI is InChI=1S/C20H22N2O4S2/c23-18(15-5-2-13-28-15)16-17(14-4-1-12-27-14)22(20(25)19(16)24)7-3-6-21-8-10-26-11-9-21/h1-2,4-5,12-13,16-17H,3,6-11H2. The van der Waals surface area contributed by atoms with E-state index in [9.17, 15) is 14.4 Å². The molecule has 148 valence electrons. The fourth-order valence-electron chi connectivity index (χ4n) is 3.87. The van der Waals surface area contributed by atoms with E-state index in [-0.39, 0.29) is 5.78 Å². The Morgan fingerprint density at radius 1 is 1.07 bits per heavy atom. The van der Waals surface area contributed by atoms with E-state index in [4.69, 9.17) is 4.74 Å². The monoisotopic (exact) mass is 418 g/mol. The van der Waals surface area contributed by atoms with E-state index in [1.807, 2.05) is 22.9 Å². The number of carbonyl (C=O) groups is 3. The number of morpholine rings is 1. The van der Waals surface area contributed by atoms with Crippen molar-refractivity contribution in [1.29, 1.82) is 0 Å². The van der Waals surface area contributed by atoms with Gasteiger partial charge in [0.05, 0.1) is 24.1 Å². The predicted molar refractivity (Wildman–Crippen MR) is 108 cm³/mol. The molecule has 2 saturated heterocycles. The zero-order valence-electron chi connectivity index (χ0n) is 15.4. The van der Waals surface area contributed by atoms with Gasteiger partial charge in [-0.3, -0.25) is 19.3 Å². The summed E-state index contributed by atoms with van der Waals surface area (Å²) in [5.74, 6) is -2.31. The summed E-state index contributed by atoms with van der Waals surface area (Å²) in [5.41, 5.74) is 0. The Labute approximate surface area is 171 Å². The average molecular weight is 419 g/mol. The average Bonchev–Trinajstić information content (AvgIpc) is 3.46. The van der Waals surface area contributed by atoms with Gasteiger partial charge in [-0.1, -0.05) is 12.1 Å². The molecule has 1 amide bonds. The van der Waals surface area contributed by atoms with E-state index < -0.39 is 23.7 Å². The van der Waals surface area contributed by atoms with Gasteiger partial charge in [0.25, 0.3) is 5.91 Å². The number of likely N-dealkylation sites (tertiary alicyclic amines) is 1. The van der Waals surface area contributed by atoms with Crippen molar-refractivity contribution in [2.45, 2.75) is 12.5 Å². The molecule has 0 bridgehead atoms. The van der Waals surface area contributed by atoms with Crippen molar-refractivity contribution in [1.82, 2.24) is 9.80 Å². The number of amides is 1. The molecule has 2 aliphatic heterocycles. The van der Waals surface area contributed by atoms with Crippen LogP contribution in [0, 0.1) is 5.92 Å². The summed E-state index contributed by atoms with van der Waals surface area (Å²) in [6.45, 7) is 4.56. The van der Waals surface area contributed by atoms with Crippen LogP contribution < -0.4 is 0 Å². The molecule has 0 spiro atoms. The molecular formula is C20H22N2O4S2. The van der Waals surface area contributed by atoms with Gasteiger partial charge in [-0.05, 0) is 29.3 Å². The first-order chi connectivity index (χ1) is 13.7. The van der Waals surface area contributed by atoms with Crippen molar-refractivity contribution in [2.24, 2.45) is 5.92 Å². The highest BCUT2D eigenvalue weighted by atomic mass is 32.1. The van der Waals surface area contributed by atoms with Gasteiger partial charge in [0.2, 0.25) is 5.78 Å². The van der Waals surface area contributed by atoms with Crippen LogP contribution in [0.2, 0.25) is 0 Å². The third-order valence-electron chi connectivity index (χ3n) is 5.26. The van der Waals surface area contributed by atoms with Gasteiger partial charge in [-0.15, -0.1) is 22.7 Å². The molecule has 2 fully saturated rings. The first kappa shape index (κ1) is 19.4. The summed E-state index contributed by atoms with van der Waals surface area (Å²) in [6.07, 6.45) is 0.765. The van der Waals surface area contributed by atoms with Crippen LogP contribution in [0.5, 0.6) is 0 Å². The molecule has 2 aliphatic rings. The maximum atomic E-state index is 13.0. The van der Waals surface area contributed by atoms with E-state index >= 15 is 0 Å². The minimum Gasteiger partial charge on any atom is -0.379 e. The first-order valence-electron chi connectivity index (χ1n) is 9.43. The molecule has 2 aromatic rings. The molecule has 0 N–H and O–H groups in total. The topological polar surface area (TPSA) is 66.9 Å². The van der Waals surface area contributed by atoms with Gasteiger partial charge in [0.1, 0.15) is 5.92 Å². The van der Waals surface area contributed by atoms with Gasteiger partial charge >= 0.3 is 0 Å². The molecule has 6 nitrogen and oxygen atoms in total. The van der Waals surface area contributed by atoms with Crippen LogP contribution in [-0.2, 0) is 14.3 Å². The Balaban J connectivity index is 1.53. The molecule has 0 aromatic carbocycles. The molecular weight excluding hydrogens is 396 g/mol. The number of nitrogens with zero attached hydrogens (tertiary/aromatic N) is 2. The number of hydrogen-bond acceptors (Lipinski definition) is 7.